The number of rotatable bonds is 3. The molecule has 37 heavy (non-hydrogen) atoms. The van der Waals surface area contributed by atoms with E-state index in [1.165, 1.54) is 41.7 Å². The lowest BCUT2D eigenvalue weighted by Crippen LogP contribution is -2.50. The van der Waals surface area contributed by atoms with E-state index in [1.54, 1.807) is 12.5 Å². The molecule has 3 heteroatoms. The Labute approximate surface area is 222 Å². The zero-order valence-corrected chi connectivity index (χ0v) is 22.9. The van der Waals surface area contributed by atoms with Gasteiger partial charge in [-0.3, -0.25) is 9.59 Å². The second-order valence-corrected chi connectivity index (χ2v) is 12.5. The molecule has 0 aromatic heterocycles. The summed E-state index contributed by atoms with van der Waals surface area (Å²) in [6, 6.07) is 9.39. The fourth-order valence-corrected chi connectivity index (χ4v) is 9.14. The first-order chi connectivity index (χ1) is 17.9. The molecule has 3 fully saturated rings. The molecule has 1 saturated heterocycles. The highest BCUT2D eigenvalue weighted by molar-refractivity contribution is 5.93. The number of hydrogen-bond acceptors (Lipinski definition) is 3. The monoisotopic (exact) mass is 495 g/mol. The van der Waals surface area contributed by atoms with E-state index in [2.05, 4.69) is 47.9 Å². The van der Waals surface area contributed by atoms with Gasteiger partial charge in [-0.15, -0.1) is 5.92 Å². The number of carbonyl (C=O) groups excluding carboxylic acids is 2. The molecular formula is C34H41NO2. The van der Waals surface area contributed by atoms with Gasteiger partial charge in [0.05, 0.1) is 5.41 Å². The second-order valence-electron chi connectivity index (χ2n) is 12.5. The maximum Gasteiger partial charge on any atom is 0.156 e. The van der Waals surface area contributed by atoms with Crippen molar-refractivity contribution in [1.82, 2.24) is 0 Å². The molecule has 1 aromatic rings. The predicted octanol–water partition coefficient (Wildman–Crippen LogP) is 7.18. The Morgan fingerprint density at radius 1 is 1.03 bits per heavy atom. The average molecular weight is 496 g/mol. The molecule has 1 aliphatic heterocycles. The molecule has 1 unspecified atom stereocenters. The van der Waals surface area contributed by atoms with Gasteiger partial charge in [0, 0.05) is 31.1 Å². The summed E-state index contributed by atoms with van der Waals surface area (Å²) in [7, 11) is 0. The van der Waals surface area contributed by atoms with Crippen LogP contribution in [0.25, 0.3) is 0 Å². The summed E-state index contributed by atoms with van der Waals surface area (Å²) >= 11 is 0. The van der Waals surface area contributed by atoms with Crippen molar-refractivity contribution in [3.8, 4) is 11.8 Å². The number of benzene rings is 1. The quantitative estimate of drug-likeness (QED) is 0.417. The van der Waals surface area contributed by atoms with Crippen LogP contribution in [0.4, 0.5) is 5.69 Å². The van der Waals surface area contributed by atoms with Crippen LogP contribution in [-0.2, 0) is 9.59 Å². The van der Waals surface area contributed by atoms with Gasteiger partial charge in [0.15, 0.2) is 5.78 Å². The molecule has 6 rings (SSSR count). The lowest BCUT2D eigenvalue weighted by atomic mass is 9.48. The summed E-state index contributed by atoms with van der Waals surface area (Å²) in [4.78, 5) is 28.2. The van der Waals surface area contributed by atoms with Crippen molar-refractivity contribution < 1.29 is 9.59 Å². The van der Waals surface area contributed by atoms with Crippen LogP contribution in [0.2, 0.25) is 0 Å². The maximum atomic E-state index is 13.3. The number of hydrogen-bond donors (Lipinski definition) is 0. The van der Waals surface area contributed by atoms with Gasteiger partial charge in [-0.25, -0.2) is 0 Å². The molecule has 5 atom stereocenters. The molecule has 3 nitrogen and oxygen atoms in total. The van der Waals surface area contributed by atoms with E-state index in [0.717, 1.165) is 51.6 Å². The topological polar surface area (TPSA) is 37.4 Å². The third-order valence-corrected chi connectivity index (χ3v) is 10.9. The smallest absolute Gasteiger partial charge is 0.156 e. The van der Waals surface area contributed by atoms with E-state index in [0.29, 0.717) is 18.3 Å². The van der Waals surface area contributed by atoms with E-state index in [1.807, 2.05) is 13.0 Å². The first kappa shape index (κ1) is 24.7. The number of piperidine rings is 1. The second kappa shape index (κ2) is 9.30. The minimum absolute atomic E-state index is 0.140. The summed E-state index contributed by atoms with van der Waals surface area (Å²) < 4.78 is 0. The maximum absolute atomic E-state index is 13.3. The van der Waals surface area contributed by atoms with E-state index in [4.69, 9.17) is 0 Å². The molecule has 0 amide bonds. The number of Topliss-reactive ketones (excluding diaryl/α,β-unsaturated/α-hetero) is 1. The van der Waals surface area contributed by atoms with Gasteiger partial charge in [0.1, 0.15) is 5.78 Å². The van der Waals surface area contributed by atoms with Gasteiger partial charge in [0.25, 0.3) is 0 Å². The molecule has 0 N–H and O–H groups in total. The lowest BCUT2D eigenvalue weighted by molar-refractivity contribution is -0.130. The number of ketones is 2. The number of allylic oxidation sites excluding steroid dienone is 4. The highest BCUT2D eigenvalue weighted by atomic mass is 16.1. The number of nitrogens with zero attached hydrogens (tertiary/aromatic N) is 1. The summed E-state index contributed by atoms with van der Waals surface area (Å²) in [5.74, 6) is 8.45. The minimum atomic E-state index is -0.548. The molecule has 0 spiro atoms. The Kier molecular flexibility index (Phi) is 6.21. The van der Waals surface area contributed by atoms with Crippen molar-refractivity contribution in [1.29, 1.82) is 0 Å². The number of carbonyl (C=O) groups is 2. The normalized spacial score (nSPS) is 35.1. The Morgan fingerprint density at radius 2 is 1.78 bits per heavy atom. The average Bonchev–Trinajstić information content (AvgIpc) is 3.21. The van der Waals surface area contributed by atoms with E-state index in [9.17, 15) is 9.59 Å². The standard InChI is InChI=1S/C34H41NO2/c1-4-17-34(23(2)36)18-16-31-29-14-10-25-21-27(37)13-15-28(25)32(29)30(22-33(31,34)3)24-8-11-26(12-9-24)35-19-6-5-7-20-35/h8-9,11-12,21,29-31H,5-7,10,13-16,18-20,22H2,1-3H3/t29-,30?,31-,33-,34+/m0/s1. The van der Waals surface area contributed by atoms with Crippen LogP contribution < -0.4 is 4.90 Å². The largest absolute Gasteiger partial charge is 0.372 e. The van der Waals surface area contributed by atoms with Gasteiger partial charge in [-0.2, -0.15) is 0 Å². The highest BCUT2D eigenvalue weighted by Crippen LogP contribution is 2.69. The molecule has 0 bridgehead atoms. The van der Waals surface area contributed by atoms with Gasteiger partial charge >= 0.3 is 0 Å². The van der Waals surface area contributed by atoms with Crippen LogP contribution in [-0.4, -0.2) is 24.7 Å². The number of anilines is 1. The van der Waals surface area contributed by atoms with Crippen LogP contribution in [0.1, 0.15) is 96.5 Å². The molecule has 2 saturated carbocycles. The summed E-state index contributed by atoms with van der Waals surface area (Å²) in [5, 5.41) is 0. The van der Waals surface area contributed by atoms with Crippen LogP contribution in [0, 0.1) is 34.5 Å². The van der Waals surface area contributed by atoms with Crippen molar-refractivity contribution >= 4 is 17.3 Å². The van der Waals surface area contributed by atoms with Crippen molar-refractivity contribution in [2.75, 3.05) is 18.0 Å². The summed E-state index contributed by atoms with van der Waals surface area (Å²) in [6.45, 7) is 8.37. The molecular weight excluding hydrogens is 454 g/mol. The molecule has 4 aliphatic carbocycles. The van der Waals surface area contributed by atoms with Crippen molar-refractivity contribution in [3.05, 3.63) is 52.6 Å². The van der Waals surface area contributed by atoms with E-state index < -0.39 is 5.41 Å². The van der Waals surface area contributed by atoms with E-state index in [-0.39, 0.29) is 22.9 Å². The van der Waals surface area contributed by atoms with Gasteiger partial charge < -0.3 is 4.90 Å². The number of fused-ring (bicyclic) bond motifs is 4. The van der Waals surface area contributed by atoms with Gasteiger partial charge in [-0.05, 0) is 124 Å². The summed E-state index contributed by atoms with van der Waals surface area (Å²) in [5.41, 5.74) is 6.39. The van der Waals surface area contributed by atoms with Crippen LogP contribution >= 0.6 is 0 Å². The van der Waals surface area contributed by atoms with E-state index >= 15 is 0 Å². The predicted molar refractivity (Wildman–Crippen MR) is 149 cm³/mol. The Hall–Kier alpha value is -2.60. The molecule has 1 heterocycles. The highest BCUT2D eigenvalue weighted by Gasteiger charge is 2.64. The van der Waals surface area contributed by atoms with Gasteiger partial charge in [0.2, 0.25) is 0 Å². The Bertz CT molecular complexity index is 1230. The van der Waals surface area contributed by atoms with Crippen molar-refractivity contribution in [2.24, 2.45) is 22.7 Å². The van der Waals surface area contributed by atoms with Crippen LogP contribution in [0.15, 0.2) is 47.1 Å². The first-order valence-electron chi connectivity index (χ1n) is 14.6. The molecule has 194 valence electrons. The van der Waals surface area contributed by atoms with Crippen LogP contribution in [0.5, 0.6) is 0 Å². The van der Waals surface area contributed by atoms with Crippen molar-refractivity contribution in [2.45, 2.75) is 90.9 Å². The molecule has 0 radical (unpaired) electrons. The zero-order valence-electron chi connectivity index (χ0n) is 22.9. The minimum Gasteiger partial charge on any atom is -0.372 e. The third kappa shape index (κ3) is 3.77. The summed E-state index contributed by atoms with van der Waals surface area (Å²) in [6.07, 6.45) is 12.4. The third-order valence-electron chi connectivity index (χ3n) is 10.9. The van der Waals surface area contributed by atoms with Crippen LogP contribution in [0.3, 0.4) is 0 Å². The van der Waals surface area contributed by atoms with Gasteiger partial charge in [-0.1, -0.05) is 30.6 Å². The first-order valence-corrected chi connectivity index (χ1v) is 14.6. The zero-order chi connectivity index (χ0) is 25.8. The molecule has 1 aromatic carbocycles. The SMILES string of the molecule is CC#C[C@]1(C(C)=O)CC[C@H]2[C@@H]3CCC4=CC(=O)CCC4=C3C(c3ccc(N4CCCCC4)cc3)C[C@@]21C. The Morgan fingerprint density at radius 3 is 2.49 bits per heavy atom. The lowest BCUT2D eigenvalue weighted by Gasteiger charge is -2.54. The Balaban J connectivity index is 1.47. The molecule has 5 aliphatic rings. The fraction of sp³-hybridized carbons (Fsp3) is 0.588. The van der Waals surface area contributed by atoms with Crippen molar-refractivity contribution in [3.63, 3.8) is 0 Å². The fourth-order valence-electron chi connectivity index (χ4n) is 9.14.